The smallest absolute Gasteiger partial charge is 0.184 e. The van der Waals surface area contributed by atoms with Crippen LogP contribution in [0.15, 0.2) is 22.7 Å². The largest absolute Gasteiger partial charge is 0.496 e. The Morgan fingerprint density at radius 1 is 1.33 bits per heavy atom. The molecule has 0 aliphatic heterocycles. The Hall–Kier alpha value is -1.69. The molecule has 0 amide bonds. The highest BCUT2D eigenvalue weighted by Gasteiger charge is 2.14. The molecule has 1 heterocycles. The Labute approximate surface area is 132 Å². The lowest BCUT2D eigenvalue weighted by Gasteiger charge is -2.07. The summed E-state index contributed by atoms with van der Waals surface area (Å²) in [4.78, 5) is 16.8. The number of aromatic nitrogens is 3. The molecule has 0 unspecified atom stereocenters. The van der Waals surface area contributed by atoms with E-state index in [1.54, 1.807) is 30.0 Å². The van der Waals surface area contributed by atoms with Gasteiger partial charge in [0.25, 0.3) is 0 Å². The van der Waals surface area contributed by atoms with Gasteiger partial charge in [0.15, 0.2) is 11.6 Å². The highest BCUT2D eigenvalue weighted by atomic mass is 79.9. The standard InChI is InChI=1S/C15H18BrN3O2/c1-4-14-17-15(5-2)19(18-14)9-12(20)10-6-7-13(21-3)11(16)8-10/h6-8H,4-5,9H2,1-3H3. The maximum absolute atomic E-state index is 12.4. The van der Waals surface area contributed by atoms with Crippen molar-refractivity contribution in [3.63, 3.8) is 0 Å². The SMILES string of the molecule is CCc1nc(CC)n(CC(=O)c2ccc(OC)c(Br)c2)n1. The molecule has 0 saturated carbocycles. The number of hydrogen-bond donors (Lipinski definition) is 0. The first kappa shape index (κ1) is 15.7. The number of rotatable bonds is 6. The van der Waals surface area contributed by atoms with Crippen molar-refractivity contribution in [3.05, 3.63) is 39.9 Å². The number of carbonyl (C=O) groups is 1. The summed E-state index contributed by atoms with van der Waals surface area (Å²) >= 11 is 3.39. The molecule has 1 aromatic carbocycles. The van der Waals surface area contributed by atoms with Crippen molar-refractivity contribution >= 4 is 21.7 Å². The van der Waals surface area contributed by atoms with Gasteiger partial charge in [0.05, 0.1) is 11.6 Å². The first-order chi connectivity index (χ1) is 10.1. The van der Waals surface area contributed by atoms with E-state index in [1.165, 1.54) is 0 Å². The molecule has 0 bridgehead atoms. The summed E-state index contributed by atoms with van der Waals surface area (Å²) in [6.45, 7) is 4.21. The molecule has 0 N–H and O–H groups in total. The molecule has 1 aromatic heterocycles. The Morgan fingerprint density at radius 2 is 2.10 bits per heavy atom. The van der Waals surface area contributed by atoms with E-state index in [2.05, 4.69) is 26.0 Å². The molecule has 0 aliphatic rings. The third-order valence-electron chi connectivity index (χ3n) is 3.19. The number of aryl methyl sites for hydroxylation is 2. The minimum absolute atomic E-state index is 0.000561. The average Bonchev–Trinajstić information content (AvgIpc) is 2.89. The number of hydrogen-bond acceptors (Lipinski definition) is 4. The minimum atomic E-state index is 0.000561. The quantitative estimate of drug-likeness (QED) is 0.750. The number of carbonyl (C=O) groups excluding carboxylic acids is 1. The molecule has 112 valence electrons. The van der Waals surface area contributed by atoms with Crippen LogP contribution in [0, 0.1) is 0 Å². The van der Waals surface area contributed by atoms with Gasteiger partial charge >= 0.3 is 0 Å². The maximum atomic E-state index is 12.4. The van der Waals surface area contributed by atoms with Gasteiger partial charge in [0.1, 0.15) is 18.1 Å². The molecule has 0 aliphatic carbocycles. The number of benzene rings is 1. The molecule has 5 nitrogen and oxygen atoms in total. The number of methoxy groups -OCH3 is 1. The zero-order chi connectivity index (χ0) is 15.4. The van der Waals surface area contributed by atoms with Gasteiger partial charge in [-0.25, -0.2) is 9.67 Å². The van der Waals surface area contributed by atoms with E-state index in [1.807, 2.05) is 13.8 Å². The van der Waals surface area contributed by atoms with Crippen LogP contribution in [0.1, 0.15) is 35.9 Å². The van der Waals surface area contributed by atoms with Crippen LogP contribution in [-0.4, -0.2) is 27.7 Å². The molecule has 0 radical (unpaired) electrons. The third-order valence-corrected chi connectivity index (χ3v) is 3.81. The van der Waals surface area contributed by atoms with E-state index in [4.69, 9.17) is 4.74 Å². The van der Waals surface area contributed by atoms with E-state index in [0.717, 1.165) is 29.0 Å². The van der Waals surface area contributed by atoms with Gasteiger partial charge in [-0.15, -0.1) is 0 Å². The van der Waals surface area contributed by atoms with Crippen LogP contribution < -0.4 is 4.74 Å². The topological polar surface area (TPSA) is 57.0 Å². The first-order valence-electron chi connectivity index (χ1n) is 6.88. The summed E-state index contributed by atoms with van der Waals surface area (Å²) < 4.78 is 7.62. The highest BCUT2D eigenvalue weighted by Crippen LogP contribution is 2.25. The number of nitrogens with zero attached hydrogens (tertiary/aromatic N) is 3. The summed E-state index contributed by atoms with van der Waals surface area (Å²) in [7, 11) is 1.59. The number of ketones is 1. The van der Waals surface area contributed by atoms with E-state index < -0.39 is 0 Å². The molecular formula is C15H18BrN3O2. The summed E-state index contributed by atoms with van der Waals surface area (Å²) in [5, 5.41) is 4.37. The van der Waals surface area contributed by atoms with E-state index in [-0.39, 0.29) is 12.3 Å². The molecule has 6 heteroatoms. The predicted octanol–water partition coefficient (Wildman–Crippen LogP) is 3.06. The van der Waals surface area contributed by atoms with Crippen LogP contribution >= 0.6 is 15.9 Å². The van der Waals surface area contributed by atoms with Gasteiger partial charge in [0, 0.05) is 18.4 Å². The fraction of sp³-hybridized carbons (Fsp3) is 0.400. The van der Waals surface area contributed by atoms with Gasteiger partial charge in [-0.3, -0.25) is 4.79 Å². The Bertz CT molecular complexity index is 652. The molecule has 0 spiro atoms. The summed E-state index contributed by atoms with van der Waals surface area (Å²) in [6.07, 6.45) is 1.52. The van der Waals surface area contributed by atoms with Crippen molar-refractivity contribution in [1.82, 2.24) is 14.8 Å². The molecule has 0 fully saturated rings. The lowest BCUT2D eigenvalue weighted by Crippen LogP contribution is -2.14. The van der Waals surface area contributed by atoms with Gasteiger partial charge in [0.2, 0.25) is 0 Å². The second kappa shape index (κ2) is 6.85. The van der Waals surface area contributed by atoms with E-state index >= 15 is 0 Å². The molecule has 2 aromatic rings. The molecule has 21 heavy (non-hydrogen) atoms. The van der Waals surface area contributed by atoms with Gasteiger partial charge in [-0.05, 0) is 34.1 Å². The zero-order valence-corrected chi connectivity index (χ0v) is 14.0. The predicted molar refractivity (Wildman–Crippen MR) is 83.8 cm³/mol. The monoisotopic (exact) mass is 351 g/mol. The van der Waals surface area contributed by atoms with E-state index in [0.29, 0.717) is 11.3 Å². The molecule has 0 atom stereocenters. The third kappa shape index (κ3) is 3.50. The second-order valence-corrected chi connectivity index (χ2v) is 5.44. The normalized spacial score (nSPS) is 10.7. The van der Waals surface area contributed by atoms with Crippen LogP contribution in [0.25, 0.3) is 0 Å². The van der Waals surface area contributed by atoms with Crippen LogP contribution in [0.2, 0.25) is 0 Å². The minimum Gasteiger partial charge on any atom is -0.496 e. The van der Waals surface area contributed by atoms with Crippen molar-refractivity contribution in [2.45, 2.75) is 33.2 Å². The van der Waals surface area contributed by atoms with E-state index in [9.17, 15) is 4.79 Å². The first-order valence-corrected chi connectivity index (χ1v) is 7.67. The number of ether oxygens (including phenoxy) is 1. The van der Waals surface area contributed by atoms with Crippen LogP contribution in [0.3, 0.4) is 0 Å². The van der Waals surface area contributed by atoms with Crippen LogP contribution in [0.5, 0.6) is 5.75 Å². The zero-order valence-electron chi connectivity index (χ0n) is 12.4. The number of Topliss-reactive ketones (excluding diaryl/α,β-unsaturated/α-hetero) is 1. The maximum Gasteiger partial charge on any atom is 0.184 e. The van der Waals surface area contributed by atoms with Crippen molar-refractivity contribution < 1.29 is 9.53 Å². The Morgan fingerprint density at radius 3 is 2.67 bits per heavy atom. The van der Waals surface area contributed by atoms with Gasteiger partial charge in [-0.1, -0.05) is 13.8 Å². The molecular weight excluding hydrogens is 334 g/mol. The van der Waals surface area contributed by atoms with Crippen LogP contribution in [0.4, 0.5) is 0 Å². The molecule has 2 rings (SSSR count). The summed E-state index contributed by atoms with van der Waals surface area (Å²) in [6, 6.07) is 5.30. The van der Waals surface area contributed by atoms with Gasteiger partial charge in [-0.2, -0.15) is 5.10 Å². The van der Waals surface area contributed by atoms with Gasteiger partial charge < -0.3 is 4.74 Å². The lowest BCUT2D eigenvalue weighted by atomic mass is 10.1. The fourth-order valence-electron chi connectivity index (χ4n) is 2.03. The Balaban J connectivity index is 2.21. The highest BCUT2D eigenvalue weighted by molar-refractivity contribution is 9.10. The molecule has 0 saturated heterocycles. The van der Waals surface area contributed by atoms with Crippen molar-refractivity contribution in [3.8, 4) is 5.75 Å². The van der Waals surface area contributed by atoms with Crippen molar-refractivity contribution in [1.29, 1.82) is 0 Å². The van der Waals surface area contributed by atoms with Crippen LogP contribution in [-0.2, 0) is 19.4 Å². The lowest BCUT2D eigenvalue weighted by molar-refractivity contribution is 0.0966. The average molecular weight is 352 g/mol. The fourth-order valence-corrected chi connectivity index (χ4v) is 2.57. The summed E-state index contributed by atoms with van der Waals surface area (Å²) in [5.41, 5.74) is 0.623. The summed E-state index contributed by atoms with van der Waals surface area (Å²) in [5.74, 6) is 2.32. The Kier molecular flexibility index (Phi) is 5.12. The number of halogens is 1. The second-order valence-electron chi connectivity index (χ2n) is 4.58. The van der Waals surface area contributed by atoms with Crippen molar-refractivity contribution in [2.24, 2.45) is 0 Å². The van der Waals surface area contributed by atoms with Crippen molar-refractivity contribution in [2.75, 3.05) is 7.11 Å².